The van der Waals surface area contributed by atoms with E-state index in [1.807, 2.05) is 19.2 Å². The van der Waals surface area contributed by atoms with Crippen molar-refractivity contribution < 1.29 is 13.2 Å². The summed E-state index contributed by atoms with van der Waals surface area (Å²) >= 11 is 6.01. The fourth-order valence-electron chi connectivity index (χ4n) is 1.34. The molecule has 0 atom stereocenters. The number of hydrogen-bond donors (Lipinski definition) is 1. The van der Waals surface area contributed by atoms with E-state index in [0.717, 1.165) is 5.56 Å². The van der Waals surface area contributed by atoms with E-state index in [4.69, 9.17) is 16.3 Å². The van der Waals surface area contributed by atoms with Crippen LogP contribution in [0.1, 0.15) is 5.56 Å². The predicted octanol–water partition coefficient (Wildman–Crippen LogP) is 1.48. The van der Waals surface area contributed by atoms with Crippen molar-refractivity contribution in [1.29, 1.82) is 0 Å². The van der Waals surface area contributed by atoms with Crippen LogP contribution in [0.4, 0.5) is 0 Å². The second-order valence-electron chi connectivity index (χ2n) is 3.74. The van der Waals surface area contributed by atoms with Crippen LogP contribution in [0.15, 0.2) is 18.2 Å². The predicted molar refractivity (Wildman–Crippen MR) is 69.4 cm³/mol. The number of ether oxygens (including phenoxy) is 1. The first kappa shape index (κ1) is 14.3. The van der Waals surface area contributed by atoms with Gasteiger partial charge in [-0.15, -0.1) is 0 Å². The molecular formula is C11H16ClNO3S. The van der Waals surface area contributed by atoms with Crippen molar-refractivity contribution in [1.82, 2.24) is 5.32 Å². The summed E-state index contributed by atoms with van der Waals surface area (Å²) in [4.78, 5) is 0. The fourth-order valence-corrected chi connectivity index (χ4v) is 1.97. The first-order valence-corrected chi connectivity index (χ1v) is 7.60. The average Bonchev–Trinajstić information content (AvgIpc) is 2.21. The van der Waals surface area contributed by atoms with Crippen LogP contribution in [-0.2, 0) is 16.4 Å². The molecule has 1 rings (SSSR count). The first-order valence-electron chi connectivity index (χ1n) is 5.16. The van der Waals surface area contributed by atoms with Crippen molar-refractivity contribution in [2.24, 2.45) is 0 Å². The molecule has 0 saturated heterocycles. The Balaban J connectivity index is 2.75. The van der Waals surface area contributed by atoms with Gasteiger partial charge in [0.25, 0.3) is 0 Å². The van der Waals surface area contributed by atoms with E-state index >= 15 is 0 Å². The Kier molecular flexibility index (Phi) is 5.24. The van der Waals surface area contributed by atoms with Crippen LogP contribution in [0.2, 0.25) is 5.02 Å². The summed E-state index contributed by atoms with van der Waals surface area (Å²) in [6.07, 6.45) is 1.18. The summed E-state index contributed by atoms with van der Waals surface area (Å²) in [5.41, 5.74) is 0.911. The lowest BCUT2D eigenvalue weighted by Crippen LogP contribution is -2.14. The Morgan fingerprint density at radius 3 is 2.71 bits per heavy atom. The highest BCUT2D eigenvalue weighted by Gasteiger charge is 2.09. The van der Waals surface area contributed by atoms with Crippen molar-refractivity contribution >= 4 is 21.4 Å². The summed E-state index contributed by atoms with van der Waals surface area (Å²) < 4.78 is 27.4. The van der Waals surface area contributed by atoms with E-state index in [9.17, 15) is 8.42 Å². The molecule has 17 heavy (non-hydrogen) atoms. The van der Waals surface area contributed by atoms with Crippen molar-refractivity contribution in [2.75, 3.05) is 25.7 Å². The summed E-state index contributed by atoms with van der Waals surface area (Å²) in [6.45, 7) is 0.730. The third kappa shape index (κ3) is 4.93. The quantitative estimate of drug-likeness (QED) is 0.856. The van der Waals surface area contributed by atoms with Crippen LogP contribution >= 0.6 is 11.6 Å². The topological polar surface area (TPSA) is 55.4 Å². The van der Waals surface area contributed by atoms with Crippen molar-refractivity contribution in [3.05, 3.63) is 28.8 Å². The Bertz CT molecular complexity index is 474. The second-order valence-corrected chi connectivity index (χ2v) is 6.40. The summed E-state index contributed by atoms with van der Waals surface area (Å²) in [5, 5.41) is 3.49. The molecule has 0 bridgehead atoms. The molecule has 0 fully saturated rings. The molecule has 0 aliphatic rings. The second kappa shape index (κ2) is 6.23. The molecule has 4 nitrogen and oxygen atoms in total. The molecule has 0 unspecified atom stereocenters. The highest BCUT2D eigenvalue weighted by Crippen LogP contribution is 2.28. The third-order valence-corrected chi connectivity index (χ3v) is 3.32. The first-order chi connectivity index (χ1) is 7.94. The van der Waals surface area contributed by atoms with Gasteiger partial charge in [0.05, 0.1) is 10.8 Å². The lowest BCUT2D eigenvalue weighted by atomic mass is 10.2. The van der Waals surface area contributed by atoms with Gasteiger partial charge in [0.1, 0.15) is 12.4 Å². The van der Waals surface area contributed by atoms with E-state index in [0.29, 0.717) is 17.3 Å². The Labute approximate surface area is 107 Å². The maximum absolute atomic E-state index is 11.0. The van der Waals surface area contributed by atoms with E-state index < -0.39 is 9.84 Å². The molecule has 1 aromatic rings. The number of nitrogens with one attached hydrogen (secondary N) is 1. The maximum atomic E-state index is 11.0. The minimum atomic E-state index is -3.02. The SMILES string of the molecule is CNCc1cccc(Cl)c1OCCS(C)(=O)=O. The largest absolute Gasteiger partial charge is 0.491 e. The van der Waals surface area contributed by atoms with Gasteiger partial charge < -0.3 is 10.1 Å². The average molecular weight is 278 g/mol. The van der Waals surface area contributed by atoms with Gasteiger partial charge in [-0.3, -0.25) is 0 Å². The number of para-hydroxylation sites is 1. The molecule has 6 heteroatoms. The van der Waals surface area contributed by atoms with Gasteiger partial charge in [-0.1, -0.05) is 23.7 Å². The zero-order chi connectivity index (χ0) is 12.9. The van der Waals surface area contributed by atoms with Gasteiger partial charge in [0.15, 0.2) is 9.84 Å². The summed E-state index contributed by atoms with van der Waals surface area (Å²) in [6, 6.07) is 5.44. The van der Waals surface area contributed by atoms with E-state index in [2.05, 4.69) is 5.32 Å². The fraction of sp³-hybridized carbons (Fsp3) is 0.455. The minimum Gasteiger partial charge on any atom is -0.491 e. The van der Waals surface area contributed by atoms with Gasteiger partial charge in [-0.25, -0.2) is 8.42 Å². The molecule has 96 valence electrons. The van der Waals surface area contributed by atoms with Crippen molar-refractivity contribution in [3.8, 4) is 5.75 Å². The smallest absolute Gasteiger partial charge is 0.150 e. The molecule has 0 aliphatic carbocycles. The van der Waals surface area contributed by atoms with Gasteiger partial charge in [-0.05, 0) is 13.1 Å². The highest BCUT2D eigenvalue weighted by molar-refractivity contribution is 7.90. The standard InChI is InChI=1S/C11H16ClNO3S/c1-13-8-9-4-3-5-10(12)11(9)16-6-7-17(2,14)15/h3-5,13H,6-8H2,1-2H3. The molecule has 0 saturated carbocycles. The number of rotatable bonds is 6. The minimum absolute atomic E-state index is 0.0167. The van der Waals surface area contributed by atoms with Crippen LogP contribution in [0, 0.1) is 0 Å². The molecular weight excluding hydrogens is 262 g/mol. The normalized spacial score (nSPS) is 11.5. The molecule has 0 radical (unpaired) electrons. The van der Waals surface area contributed by atoms with Gasteiger partial charge in [0, 0.05) is 18.4 Å². The third-order valence-electron chi connectivity index (χ3n) is 2.12. The Hall–Kier alpha value is -0.780. The van der Waals surface area contributed by atoms with E-state index in [1.165, 1.54) is 6.26 Å². The van der Waals surface area contributed by atoms with Gasteiger partial charge in [-0.2, -0.15) is 0 Å². The molecule has 1 N–H and O–H groups in total. The van der Waals surface area contributed by atoms with Crippen molar-refractivity contribution in [3.63, 3.8) is 0 Å². The number of hydrogen-bond acceptors (Lipinski definition) is 4. The molecule has 0 aliphatic heterocycles. The molecule has 0 heterocycles. The molecule has 0 spiro atoms. The molecule has 0 amide bonds. The van der Waals surface area contributed by atoms with Crippen LogP contribution in [-0.4, -0.2) is 34.1 Å². The van der Waals surface area contributed by atoms with Crippen LogP contribution < -0.4 is 10.1 Å². The van der Waals surface area contributed by atoms with Gasteiger partial charge >= 0.3 is 0 Å². The number of sulfone groups is 1. The summed E-state index contributed by atoms with van der Waals surface area (Å²) in [7, 11) is -1.20. The monoisotopic (exact) mass is 277 g/mol. The van der Waals surface area contributed by atoms with Gasteiger partial charge in [0.2, 0.25) is 0 Å². The van der Waals surface area contributed by atoms with Crippen molar-refractivity contribution in [2.45, 2.75) is 6.54 Å². The Morgan fingerprint density at radius 1 is 1.41 bits per heavy atom. The van der Waals surface area contributed by atoms with Crippen LogP contribution in [0.5, 0.6) is 5.75 Å². The zero-order valence-corrected chi connectivity index (χ0v) is 11.4. The lowest BCUT2D eigenvalue weighted by Gasteiger charge is -2.12. The summed E-state index contributed by atoms with van der Waals surface area (Å²) in [5.74, 6) is 0.532. The molecule has 1 aromatic carbocycles. The van der Waals surface area contributed by atoms with E-state index in [1.54, 1.807) is 6.07 Å². The number of halogens is 1. The zero-order valence-electron chi connectivity index (χ0n) is 9.86. The van der Waals surface area contributed by atoms with Crippen LogP contribution in [0.3, 0.4) is 0 Å². The van der Waals surface area contributed by atoms with Crippen LogP contribution in [0.25, 0.3) is 0 Å². The maximum Gasteiger partial charge on any atom is 0.150 e. The molecule has 0 aromatic heterocycles. The van der Waals surface area contributed by atoms with E-state index in [-0.39, 0.29) is 12.4 Å². The lowest BCUT2D eigenvalue weighted by molar-refractivity contribution is 0.337. The highest BCUT2D eigenvalue weighted by atomic mass is 35.5. The number of benzene rings is 1. The Morgan fingerprint density at radius 2 is 2.12 bits per heavy atom.